The molecule has 1 saturated heterocycles. The molecule has 0 aromatic carbocycles. The summed E-state index contributed by atoms with van der Waals surface area (Å²) in [4.78, 5) is 0. The topological polar surface area (TPSA) is 24.1 Å². The quantitative estimate of drug-likeness (QED) is 0.456. The van der Waals surface area contributed by atoms with Gasteiger partial charge in [-0.25, -0.2) is 0 Å². The Bertz CT molecular complexity index is 74.6. The van der Waals surface area contributed by atoms with Gasteiger partial charge in [0.05, 0.1) is 0 Å². The Labute approximate surface area is 50.0 Å². The number of nitrogens with one attached hydrogen (secondary N) is 2. The van der Waals surface area contributed by atoms with Gasteiger partial charge in [0.1, 0.15) is 0 Å². The summed E-state index contributed by atoms with van der Waals surface area (Å²) in [5.74, 6) is 0. The van der Waals surface area contributed by atoms with E-state index in [0.717, 1.165) is 19.6 Å². The van der Waals surface area contributed by atoms with Gasteiger partial charge in [-0.2, -0.15) is 0 Å². The number of rotatable bonds is 1. The molecule has 0 bridgehead atoms. The largest absolute Gasteiger partial charge is 0.314 e. The summed E-state index contributed by atoms with van der Waals surface area (Å²) in [5.41, 5.74) is 0. The fraction of sp³-hybridized carbons (Fsp3) is 0.667. The van der Waals surface area contributed by atoms with E-state index < -0.39 is 0 Å². The van der Waals surface area contributed by atoms with Crippen LogP contribution in [0.1, 0.15) is 0 Å². The van der Waals surface area contributed by atoms with Crippen molar-refractivity contribution < 1.29 is 0 Å². The third kappa shape index (κ3) is 1.32. The van der Waals surface area contributed by atoms with Gasteiger partial charge >= 0.3 is 0 Å². The second-order valence-corrected chi connectivity index (χ2v) is 2.00. The van der Waals surface area contributed by atoms with Gasteiger partial charge in [0.2, 0.25) is 0 Å². The first-order valence-corrected chi connectivity index (χ1v) is 3.00. The van der Waals surface area contributed by atoms with Gasteiger partial charge < -0.3 is 10.6 Å². The van der Waals surface area contributed by atoms with E-state index in [4.69, 9.17) is 0 Å². The molecule has 0 unspecified atom stereocenters. The van der Waals surface area contributed by atoms with Crippen molar-refractivity contribution in [2.75, 3.05) is 19.6 Å². The Morgan fingerprint density at radius 1 is 1.50 bits per heavy atom. The third-order valence-corrected chi connectivity index (χ3v) is 1.36. The van der Waals surface area contributed by atoms with Crippen LogP contribution in [0.25, 0.3) is 0 Å². The molecule has 1 heterocycles. The maximum absolute atomic E-state index is 3.68. The maximum atomic E-state index is 3.68. The minimum atomic E-state index is 0.490. The van der Waals surface area contributed by atoms with Crippen molar-refractivity contribution in [1.82, 2.24) is 10.6 Å². The standard InChI is InChI=1S/C6H12N2/c1-2-6-5-7-3-4-8-6/h2,6-8H,1,3-5H2/t6-/m1/s1. The van der Waals surface area contributed by atoms with Crippen molar-refractivity contribution in [3.63, 3.8) is 0 Å². The summed E-state index contributed by atoms with van der Waals surface area (Å²) >= 11 is 0. The summed E-state index contributed by atoms with van der Waals surface area (Å²) < 4.78 is 0. The van der Waals surface area contributed by atoms with Crippen LogP contribution in [0, 0.1) is 0 Å². The van der Waals surface area contributed by atoms with E-state index in [0.29, 0.717) is 6.04 Å². The van der Waals surface area contributed by atoms with Crippen molar-refractivity contribution >= 4 is 0 Å². The minimum Gasteiger partial charge on any atom is -0.314 e. The predicted molar refractivity (Wildman–Crippen MR) is 34.9 cm³/mol. The Kier molecular flexibility index (Phi) is 2.06. The zero-order valence-corrected chi connectivity index (χ0v) is 4.98. The van der Waals surface area contributed by atoms with Crippen LogP contribution in [0.3, 0.4) is 0 Å². The number of hydrogen-bond donors (Lipinski definition) is 2. The Morgan fingerprint density at radius 2 is 2.38 bits per heavy atom. The Morgan fingerprint density at radius 3 is 2.75 bits per heavy atom. The van der Waals surface area contributed by atoms with Gasteiger partial charge in [0.25, 0.3) is 0 Å². The molecule has 0 radical (unpaired) electrons. The van der Waals surface area contributed by atoms with E-state index in [1.54, 1.807) is 0 Å². The predicted octanol–water partition coefficient (Wildman–Crippen LogP) is -0.266. The molecule has 2 nitrogen and oxygen atoms in total. The van der Waals surface area contributed by atoms with Gasteiger partial charge in [-0.15, -0.1) is 6.58 Å². The van der Waals surface area contributed by atoms with Crippen LogP contribution < -0.4 is 10.6 Å². The molecule has 2 heteroatoms. The fourth-order valence-electron chi connectivity index (χ4n) is 0.842. The molecule has 0 aromatic rings. The first kappa shape index (κ1) is 5.79. The molecule has 1 atom stereocenters. The lowest BCUT2D eigenvalue weighted by atomic mass is 10.2. The van der Waals surface area contributed by atoms with Crippen molar-refractivity contribution in [2.24, 2.45) is 0 Å². The highest BCUT2D eigenvalue weighted by Crippen LogP contribution is 1.85. The summed E-state index contributed by atoms with van der Waals surface area (Å²) in [7, 11) is 0. The van der Waals surface area contributed by atoms with Gasteiger partial charge in [-0.1, -0.05) is 6.08 Å². The highest BCUT2D eigenvalue weighted by molar-refractivity contribution is 4.89. The van der Waals surface area contributed by atoms with Crippen LogP contribution in [-0.2, 0) is 0 Å². The van der Waals surface area contributed by atoms with E-state index in [9.17, 15) is 0 Å². The molecular formula is C6H12N2. The summed E-state index contributed by atoms with van der Waals surface area (Å²) in [6.07, 6.45) is 1.94. The normalized spacial score (nSPS) is 29.8. The zero-order chi connectivity index (χ0) is 5.82. The molecule has 0 aliphatic carbocycles. The van der Waals surface area contributed by atoms with E-state index in [1.807, 2.05) is 6.08 Å². The second-order valence-electron chi connectivity index (χ2n) is 2.00. The first-order valence-electron chi connectivity index (χ1n) is 3.00. The average Bonchev–Trinajstić information content (AvgIpc) is 1.90. The van der Waals surface area contributed by atoms with Crippen LogP contribution in [0.5, 0.6) is 0 Å². The van der Waals surface area contributed by atoms with Gasteiger partial charge in [-0.3, -0.25) is 0 Å². The van der Waals surface area contributed by atoms with E-state index >= 15 is 0 Å². The third-order valence-electron chi connectivity index (χ3n) is 1.36. The van der Waals surface area contributed by atoms with Crippen molar-refractivity contribution in [3.05, 3.63) is 12.7 Å². The SMILES string of the molecule is C=C[C@@H]1CNCCN1. The lowest BCUT2D eigenvalue weighted by molar-refractivity contribution is 0.471. The average molecular weight is 112 g/mol. The molecule has 1 aliphatic rings. The van der Waals surface area contributed by atoms with Crippen LogP contribution in [0.15, 0.2) is 12.7 Å². The molecule has 1 rings (SSSR count). The van der Waals surface area contributed by atoms with Gasteiger partial charge in [0.15, 0.2) is 0 Å². The fourth-order valence-corrected chi connectivity index (χ4v) is 0.842. The van der Waals surface area contributed by atoms with Crippen molar-refractivity contribution in [1.29, 1.82) is 0 Å². The molecular weight excluding hydrogens is 100 g/mol. The van der Waals surface area contributed by atoms with Crippen molar-refractivity contribution in [3.8, 4) is 0 Å². The van der Waals surface area contributed by atoms with E-state index in [-0.39, 0.29) is 0 Å². The summed E-state index contributed by atoms with van der Waals surface area (Å²) in [6.45, 7) is 6.87. The van der Waals surface area contributed by atoms with Crippen LogP contribution in [0.2, 0.25) is 0 Å². The summed E-state index contributed by atoms with van der Waals surface area (Å²) in [6, 6.07) is 0.490. The zero-order valence-electron chi connectivity index (χ0n) is 4.98. The monoisotopic (exact) mass is 112 g/mol. The second kappa shape index (κ2) is 2.84. The number of hydrogen-bond acceptors (Lipinski definition) is 2. The molecule has 0 saturated carbocycles. The summed E-state index contributed by atoms with van der Waals surface area (Å²) in [5, 5.41) is 6.54. The Balaban J connectivity index is 2.22. The van der Waals surface area contributed by atoms with Gasteiger partial charge in [0, 0.05) is 25.7 Å². The highest BCUT2D eigenvalue weighted by atomic mass is 15.0. The van der Waals surface area contributed by atoms with Crippen LogP contribution in [0.4, 0.5) is 0 Å². The first-order chi connectivity index (χ1) is 3.93. The molecule has 0 spiro atoms. The van der Waals surface area contributed by atoms with Crippen LogP contribution in [-0.4, -0.2) is 25.7 Å². The molecule has 1 aliphatic heterocycles. The molecule has 8 heavy (non-hydrogen) atoms. The maximum Gasteiger partial charge on any atom is 0.0373 e. The van der Waals surface area contributed by atoms with E-state index in [1.165, 1.54) is 0 Å². The van der Waals surface area contributed by atoms with Crippen LogP contribution >= 0.6 is 0 Å². The lowest BCUT2D eigenvalue weighted by Gasteiger charge is -2.20. The smallest absolute Gasteiger partial charge is 0.0373 e. The molecule has 46 valence electrons. The molecule has 0 amide bonds. The number of piperazine rings is 1. The molecule has 1 fully saturated rings. The van der Waals surface area contributed by atoms with Crippen molar-refractivity contribution in [2.45, 2.75) is 6.04 Å². The molecule has 2 N–H and O–H groups in total. The Hall–Kier alpha value is -0.340. The van der Waals surface area contributed by atoms with Gasteiger partial charge in [-0.05, 0) is 0 Å². The lowest BCUT2D eigenvalue weighted by Crippen LogP contribution is -2.46. The minimum absolute atomic E-state index is 0.490. The highest BCUT2D eigenvalue weighted by Gasteiger charge is 2.05. The van der Waals surface area contributed by atoms with E-state index in [2.05, 4.69) is 17.2 Å². The molecule has 0 aromatic heterocycles.